The van der Waals surface area contributed by atoms with Crippen LogP contribution in [0.1, 0.15) is 17.3 Å². The second kappa shape index (κ2) is 8.09. The van der Waals surface area contributed by atoms with Crippen molar-refractivity contribution >= 4 is 21.6 Å². The number of hydrogen-bond donors (Lipinski definition) is 0. The fourth-order valence-corrected chi connectivity index (χ4v) is 2.85. The van der Waals surface area contributed by atoms with Gasteiger partial charge in [0.15, 0.2) is 12.3 Å². The summed E-state index contributed by atoms with van der Waals surface area (Å²) < 4.78 is 8.09. The lowest BCUT2D eigenvalue weighted by molar-refractivity contribution is 0.111. The third-order valence-electron chi connectivity index (χ3n) is 3.76. The normalized spacial score (nSPS) is 11.6. The number of rotatable bonds is 6. The van der Waals surface area contributed by atoms with Crippen molar-refractivity contribution in [3.05, 3.63) is 76.3 Å². The standard InChI is InChI=1S/C18H14BrN7O2/c1-26-17(21-24-25-26)16(12-6-3-2-4-7-12)23-27-11-15-20-22-18(28-15)13-8-5-9-14(19)10-13/h2-10H,11H2,1H3/b23-16-. The maximum Gasteiger partial charge on any atom is 0.257 e. The molecule has 0 radical (unpaired) electrons. The highest BCUT2D eigenvalue weighted by molar-refractivity contribution is 9.10. The van der Waals surface area contributed by atoms with E-state index in [1.807, 2.05) is 54.6 Å². The molecule has 0 aliphatic carbocycles. The molecule has 0 aliphatic rings. The number of halogens is 1. The lowest BCUT2D eigenvalue weighted by Gasteiger charge is -2.04. The van der Waals surface area contributed by atoms with Crippen molar-refractivity contribution in [3.8, 4) is 11.5 Å². The molecule has 2 heterocycles. The zero-order valence-electron chi connectivity index (χ0n) is 14.7. The second-order valence-corrected chi connectivity index (χ2v) is 6.63. The van der Waals surface area contributed by atoms with Crippen LogP contribution in [-0.4, -0.2) is 36.1 Å². The number of oxime groups is 1. The second-order valence-electron chi connectivity index (χ2n) is 5.72. The van der Waals surface area contributed by atoms with Gasteiger partial charge in [0.2, 0.25) is 11.7 Å². The molecule has 0 saturated carbocycles. The van der Waals surface area contributed by atoms with E-state index in [2.05, 4.69) is 46.8 Å². The molecular weight excluding hydrogens is 426 g/mol. The molecule has 0 spiro atoms. The van der Waals surface area contributed by atoms with Gasteiger partial charge in [0.05, 0.1) is 0 Å². The largest absolute Gasteiger partial charge is 0.417 e. The van der Waals surface area contributed by atoms with Crippen LogP contribution in [0.15, 0.2) is 68.6 Å². The van der Waals surface area contributed by atoms with Crippen LogP contribution in [0.25, 0.3) is 11.5 Å². The third kappa shape index (κ3) is 3.96. The summed E-state index contributed by atoms with van der Waals surface area (Å²) in [4.78, 5) is 5.46. The Balaban J connectivity index is 1.53. The molecule has 2 aromatic heterocycles. The summed E-state index contributed by atoms with van der Waals surface area (Å²) >= 11 is 3.42. The molecule has 140 valence electrons. The Labute approximate surface area is 168 Å². The van der Waals surface area contributed by atoms with Gasteiger partial charge < -0.3 is 9.25 Å². The molecule has 9 nitrogen and oxygen atoms in total. The Morgan fingerprint density at radius 2 is 1.96 bits per heavy atom. The van der Waals surface area contributed by atoms with E-state index in [1.165, 1.54) is 4.68 Å². The van der Waals surface area contributed by atoms with Crippen molar-refractivity contribution < 1.29 is 9.25 Å². The summed E-state index contributed by atoms with van der Waals surface area (Å²) in [5, 5.41) is 23.8. The lowest BCUT2D eigenvalue weighted by atomic mass is 10.1. The average molecular weight is 440 g/mol. The van der Waals surface area contributed by atoms with Crippen LogP contribution in [0.2, 0.25) is 0 Å². The van der Waals surface area contributed by atoms with Gasteiger partial charge in [-0.25, -0.2) is 4.68 Å². The molecular formula is C18H14BrN7O2. The molecule has 0 unspecified atom stereocenters. The first kappa shape index (κ1) is 18.0. The average Bonchev–Trinajstić information content (AvgIpc) is 3.35. The van der Waals surface area contributed by atoms with Crippen molar-refractivity contribution in [2.24, 2.45) is 12.2 Å². The number of hydrogen-bond acceptors (Lipinski definition) is 8. The molecule has 0 bridgehead atoms. The molecule has 0 amide bonds. The first-order chi connectivity index (χ1) is 13.7. The van der Waals surface area contributed by atoms with Crippen molar-refractivity contribution in [1.82, 2.24) is 30.4 Å². The van der Waals surface area contributed by atoms with Crippen LogP contribution >= 0.6 is 15.9 Å². The van der Waals surface area contributed by atoms with Crippen molar-refractivity contribution in [1.29, 1.82) is 0 Å². The lowest BCUT2D eigenvalue weighted by Crippen LogP contribution is -2.12. The monoisotopic (exact) mass is 439 g/mol. The molecule has 0 aliphatic heterocycles. The SMILES string of the molecule is Cn1nnnc1/C(=N\OCc1nnc(-c2cccc(Br)c2)o1)c1ccccc1. The van der Waals surface area contributed by atoms with E-state index in [1.54, 1.807) is 7.05 Å². The maximum absolute atomic E-state index is 5.64. The van der Waals surface area contributed by atoms with E-state index in [9.17, 15) is 0 Å². The molecule has 0 N–H and O–H groups in total. The minimum Gasteiger partial charge on any atom is -0.417 e. The Morgan fingerprint density at radius 1 is 1.11 bits per heavy atom. The minimum atomic E-state index is 0.0165. The van der Waals surface area contributed by atoms with Gasteiger partial charge >= 0.3 is 0 Å². The molecule has 4 rings (SSSR count). The first-order valence-corrected chi connectivity index (χ1v) is 9.06. The maximum atomic E-state index is 5.64. The Kier molecular flexibility index (Phi) is 5.20. The zero-order chi connectivity index (χ0) is 19.3. The number of nitrogens with zero attached hydrogens (tertiary/aromatic N) is 7. The van der Waals surface area contributed by atoms with Crippen LogP contribution in [0.4, 0.5) is 0 Å². The predicted molar refractivity (Wildman–Crippen MR) is 103 cm³/mol. The molecule has 4 aromatic rings. The van der Waals surface area contributed by atoms with E-state index in [0.29, 0.717) is 23.3 Å². The molecule has 0 atom stereocenters. The van der Waals surface area contributed by atoms with Gasteiger partial charge in [-0.05, 0) is 28.6 Å². The Hall–Kier alpha value is -3.40. The van der Waals surface area contributed by atoms with Crippen molar-refractivity contribution in [2.75, 3.05) is 0 Å². The predicted octanol–water partition coefficient (Wildman–Crippen LogP) is 2.99. The van der Waals surface area contributed by atoms with Gasteiger partial charge in [0, 0.05) is 22.6 Å². The van der Waals surface area contributed by atoms with E-state index in [0.717, 1.165) is 15.6 Å². The molecule has 2 aromatic carbocycles. The van der Waals surface area contributed by atoms with E-state index in [-0.39, 0.29) is 6.61 Å². The van der Waals surface area contributed by atoms with Crippen LogP contribution in [0.3, 0.4) is 0 Å². The third-order valence-corrected chi connectivity index (χ3v) is 4.25. The van der Waals surface area contributed by atoms with Gasteiger partial charge in [-0.3, -0.25) is 0 Å². The molecule has 28 heavy (non-hydrogen) atoms. The molecule has 0 fully saturated rings. The highest BCUT2D eigenvalue weighted by atomic mass is 79.9. The highest BCUT2D eigenvalue weighted by Crippen LogP contribution is 2.22. The van der Waals surface area contributed by atoms with E-state index >= 15 is 0 Å². The Bertz CT molecular complexity index is 1110. The number of aromatic nitrogens is 6. The van der Waals surface area contributed by atoms with Gasteiger partial charge in [-0.15, -0.1) is 15.3 Å². The summed E-state index contributed by atoms with van der Waals surface area (Å²) in [7, 11) is 1.73. The van der Waals surface area contributed by atoms with Crippen LogP contribution in [0, 0.1) is 0 Å². The van der Waals surface area contributed by atoms with Gasteiger partial charge in [0.1, 0.15) is 0 Å². The smallest absolute Gasteiger partial charge is 0.257 e. The minimum absolute atomic E-state index is 0.0165. The van der Waals surface area contributed by atoms with Crippen LogP contribution in [-0.2, 0) is 18.5 Å². The molecule has 10 heteroatoms. The van der Waals surface area contributed by atoms with Gasteiger partial charge in [-0.2, -0.15) is 0 Å². The summed E-state index contributed by atoms with van der Waals surface area (Å²) in [6.45, 7) is 0.0165. The van der Waals surface area contributed by atoms with Crippen LogP contribution in [0.5, 0.6) is 0 Å². The highest BCUT2D eigenvalue weighted by Gasteiger charge is 2.15. The Morgan fingerprint density at radius 3 is 2.71 bits per heavy atom. The van der Waals surface area contributed by atoms with Crippen molar-refractivity contribution in [2.45, 2.75) is 6.61 Å². The fourth-order valence-electron chi connectivity index (χ4n) is 2.45. The summed E-state index contributed by atoms with van der Waals surface area (Å²) in [5.41, 5.74) is 2.13. The van der Waals surface area contributed by atoms with Gasteiger partial charge in [-0.1, -0.05) is 57.5 Å². The summed E-state index contributed by atoms with van der Waals surface area (Å²) in [6, 6.07) is 17.1. The van der Waals surface area contributed by atoms with E-state index in [4.69, 9.17) is 9.25 Å². The van der Waals surface area contributed by atoms with E-state index < -0.39 is 0 Å². The quantitative estimate of drug-likeness (QED) is 0.335. The van der Waals surface area contributed by atoms with Crippen LogP contribution < -0.4 is 0 Å². The van der Waals surface area contributed by atoms with Gasteiger partial charge in [0.25, 0.3) is 5.89 Å². The zero-order valence-corrected chi connectivity index (χ0v) is 16.3. The van der Waals surface area contributed by atoms with Crippen molar-refractivity contribution in [3.63, 3.8) is 0 Å². The first-order valence-electron chi connectivity index (χ1n) is 8.27. The fraction of sp³-hybridized carbons (Fsp3) is 0.111. The number of aryl methyl sites for hydroxylation is 1. The summed E-state index contributed by atoms with van der Waals surface area (Å²) in [5.74, 6) is 1.19. The number of benzene rings is 2. The molecule has 0 saturated heterocycles. The number of tetrazole rings is 1. The summed E-state index contributed by atoms with van der Waals surface area (Å²) in [6.07, 6.45) is 0. The topological polar surface area (TPSA) is 104 Å².